The van der Waals surface area contributed by atoms with Crippen LogP contribution >= 0.6 is 27.3 Å². The van der Waals surface area contributed by atoms with Crippen LogP contribution in [-0.2, 0) is 0 Å². The highest BCUT2D eigenvalue weighted by atomic mass is 79.9. The Morgan fingerprint density at radius 1 is 1.50 bits per heavy atom. The number of amides is 1. The number of carbonyl (C=O) groups is 1. The van der Waals surface area contributed by atoms with Crippen LogP contribution in [0.15, 0.2) is 11.4 Å². The minimum absolute atomic E-state index is 0.0869. The fourth-order valence-electron chi connectivity index (χ4n) is 2.09. The number of thiophene rings is 1. The second kappa shape index (κ2) is 5.32. The normalized spacial score (nSPS) is 25.4. The van der Waals surface area contributed by atoms with Crippen molar-refractivity contribution < 1.29 is 4.79 Å². The monoisotopic (exact) mass is 301 g/mol. The molecule has 0 bridgehead atoms. The van der Waals surface area contributed by atoms with Crippen molar-refractivity contribution in [2.45, 2.75) is 43.5 Å². The van der Waals surface area contributed by atoms with E-state index in [2.05, 4.69) is 21.2 Å². The molecule has 2 nitrogen and oxygen atoms in total. The van der Waals surface area contributed by atoms with Crippen molar-refractivity contribution in [3.05, 3.63) is 21.9 Å². The molecule has 2 unspecified atom stereocenters. The van der Waals surface area contributed by atoms with Crippen LogP contribution in [0, 0.1) is 6.92 Å². The predicted octanol–water partition coefficient (Wildman–Crippen LogP) is 3.49. The third kappa shape index (κ3) is 2.66. The summed E-state index contributed by atoms with van der Waals surface area (Å²) in [4.78, 5) is 13.3. The Balaban J connectivity index is 1.99. The summed E-state index contributed by atoms with van der Waals surface area (Å²) in [6, 6.07) is 2.29. The van der Waals surface area contributed by atoms with E-state index in [-0.39, 0.29) is 5.91 Å². The van der Waals surface area contributed by atoms with Gasteiger partial charge < -0.3 is 5.32 Å². The van der Waals surface area contributed by atoms with E-state index in [0.29, 0.717) is 10.9 Å². The fourth-order valence-corrected chi connectivity index (χ4v) is 3.64. The molecule has 0 spiro atoms. The van der Waals surface area contributed by atoms with Gasteiger partial charge in [-0.15, -0.1) is 11.3 Å². The average Bonchev–Trinajstić information content (AvgIpc) is 2.68. The molecule has 0 aromatic carbocycles. The van der Waals surface area contributed by atoms with Crippen molar-refractivity contribution in [1.82, 2.24) is 5.32 Å². The fraction of sp³-hybridized carbons (Fsp3) is 0.583. The van der Waals surface area contributed by atoms with Gasteiger partial charge >= 0.3 is 0 Å². The smallest absolute Gasteiger partial charge is 0.261 e. The van der Waals surface area contributed by atoms with Crippen molar-refractivity contribution in [1.29, 1.82) is 0 Å². The molecule has 1 fully saturated rings. The molecule has 1 aliphatic rings. The summed E-state index contributed by atoms with van der Waals surface area (Å²) in [5.74, 6) is 0.0869. The molecule has 1 N–H and O–H groups in total. The molecule has 1 aliphatic carbocycles. The van der Waals surface area contributed by atoms with Gasteiger partial charge in [-0.3, -0.25) is 4.79 Å². The predicted molar refractivity (Wildman–Crippen MR) is 71.5 cm³/mol. The third-order valence-corrected chi connectivity index (χ3v) is 5.18. The lowest BCUT2D eigenvalue weighted by molar-refractivity contribution is 0.0933. The van der Waals surface area contributed by atoms with Gasteiger partial charge in [0.25, 0.3) is 5.91 Å². The number of nitrogens with one attached hydrogen (secondary N) is 1. The van der Waals surface area contributed by atoms with Crippen molar-refractivity contribution in [3.8, 4) is 0 Å². The quantitative estimate of drug-likeness (QED) is 0.833. The average molecular weight is 302 g/mol. The van der Waals surface area contributed by atoms with Gasteiger partial charge in [-0.1, -0.05) is 28.8 Å². The maximum absolute atomic E-state index is 12.0. The number of aryl methyl sites for hydroxylation is 1. The summed E-state index contributed by atoms with van der Waals surface area (Å²) in [6.07, 6.45) is 4.73. The van der Waals surface area contributed by atoms with Gasteiger partial charge in [0.2, 0.25) is 0 Å². The highest BCUT2D eigenvalue weighted by Gasteiger charge is 2.25. The van der Waals surface area contributed by atoms with Gasteiger partial charge in [0.05, 0.1) is 4.88 Å². The van der Waals surface area contributed by atoms with E-state index in [0.717, 1.165) is 23.3 Å². The van der Waals surface area contributed by atoms with Gasteiger partial charge in [0.15, 0.2) is 0 Å². The molecule has 16 heavy (non-hydrogen) atoms. The highest BCUT2D eigenvalue weighted by molar-refractivity contribution is 9.09. The number of rotatable bonds is 2. The molecule has 0 saturated heterocycles. The summed E-state index contributed by atoms with van der Waals surface area (Å²) >= 11 is 5.17. The molecule has 1 saturated carbocycles. The SMILES string of the molecule is Cc1ccsc1C(=O)NC1CCCCC1Br. The number of carbonyl (C=O) groups excluding carboxylic acids is 1. The summed E-state index contributed by atoms with van der Waals surface area (Å²) in [5, 5.41) is 5.11. The zero-order valence-electron chi connectivity index (χ0n) is 9.33. The van der Waals surface area contributed by atoms with Gasteiger partial charge in [0, 0.05) is 10.9 Å². The molecular weight excluding hydrogens is 286 g/mol. The number of hydrogen-bond acceptors (Lipinski definition) is 2. The standard InChI is InChI=1S/C12H16BrNOS/c1-8-6-7-16-11(8)12(15)14-10-5-3-2-4-9(10)13/h6-7,9-10H,2-5H2,1H3,(H,14,15). The molecule has 1 aromatic rings. The maximum Gasteiger partial charge on any atom is 0.261 e. The van der Waals surface area contributed by atoms with Crippen LogP contribution in [0.3, 0.4) is 0 Å². The summed E-state index contributed by atoms with van der Waals surface area (Å²) < 4.78 is 0. The lowest BCUT2D eigenvalue weighted by atomic mass is 9.95. The molecule has 2 atom stereocenters. The topological polar surface area (TPSA) is 29.1 Å². The molecule has 0 aliphatic heterocycles. The van der Waals surface area contributed by atoms with Crippen LogP contribution in [0.5, 0.6) is 0 Å². The molecule has 4 heteroatoms. The minimum atomic E-state index is 0.0869. The molecule has 1 aromatic heterocycles. The van der Waals surface area contributed by atoms with Crippen LogP contribution in [0.25, 0.3) is 0 Å². The van der Waals surface area contributed by atoms with Gasteiger partial charge in [-0.25, -0.2) is 0 Å². The van der Waals surface area contributed by atoms with Crippen LogP contribution in [0.1, 0.15) is 40.9 Å². The van der Waals surface area contributed by atoms with Crippen molar-refractivity contribution in [3.63, 3.8) is 0 Å². The third-order valence-electron chi connectivity index (χ3n) is 3.07. The van der Waals surface area contributed by atoms with Gasteiger partial charge in [-0.2, -0.15) is 0 Å². The molecule has 88 valence electrons. The highest BCUT2D eigenvalue weighted by Crippen LogP contribution is 2.25. The van der Waals surface area contributed by atoms with Crippen molar-refractivity contribution in [2.24, 2.45) is 0 Å². The molecule has 1 heterocycles. The van der Waals surface area contributed by atoms with E-state index in [1.54, 1.807) is 0 Å². The Kier molecular flexibility index (Phi) is 4.03. The lowest BCUT2D eigenvalue weighted by Gasteiger charge is -2.28. The minimum Gasteiger partial charge on any atom is -0.347 e. The second-order valence-corrected chi connectivity index (χ2v) is 6.41. The Labute approximate surface area is 109 Å². The Morgan fingerprint density at radius 2 is 2.25 bits per heavy atom. The van der Waals surface area contributed by atoms with E-state index in [1.807, 2.05) is 18.4 Å². The van der Waals surface area contributed by atoms with Crippen LogP contribution in [0.2, 0.25) is 0 Å². The van der Waals surface area contributed by atoms with Crippen LogP contribution in [-0.4, -0.2) is 16.8 Å². The lowest BCUT2D eigenvalue weighted by Crippen LogP contribution is -2.42. The van der Waals surface area contributed by atoms with Crippen molar-refractivity contribution >= 4 is 33.2 Å². The van der Waals surface area contributed by atoms with E-state index < -0.39 is 0 Å². The molecule has 0 radical (unpaired) electrons. The largest absolute Gasteiger partial charge is 0.347 e. The summed E-state index contributed by atoms with van der Waals surface area (Å²) in [6.45, 7) is 1.98. The summed E-state index contributed by atoms with van der Waals surface area (Å²) in [5.41, 5.74) is 1.07. The molecular formula is C12H16BrNOS. The Morgan fingerprint density at radius 3 is 2.88 bits per heavy atom. The van der Waals surface area contributed by atoms with Gasteiger partial charge in [-0.05, 0) is 36.8 Å². The second-order valence-electron chi connectivity index (χ2n) is 4.31. The number of halogens is 1. The maximum atomic E-state index is 12.0. The zero-order valence-corrected chi connectivity index (χ0v) is 11.7. The first kappa shape index (κ1) is 12.1. The van der Waals surface area contributed by atoms with E-state index in [9.17, 15) is 4.79 Å². The Bertz CT molecular complexity index is 377. The van der Waals surface area contributed by atoms with Gasteiger partial charge in [0.1, 0.15) is 0 Å². The van der Waals surface area contributed by atoms with E-state index >= 15 is 0 Å². The zero-order chi connectivity index (χ0) is 11.5. The first-order chi connectivity index (χ1) is 7.68. The number of hydrogen-bond donors (Lipinski definition) is 1. The van der Waals surface area contributed by atoms with E-state index in [1.165, 1.54) is 24.2 Å². The first-order valence-corrected chi connectivity index (χ1v) is 7.47. The first-order valence-electron chi connectivity index (χ1n) is 5.67. The van der Waals surface area contributed by atoms with Crippen molar-refractivity contribution in [2.75, 3.05) is 0 Å². The number of alkyl halides is 1. The molecule has 1 amide bonds. The summed E-state index contributed by atoms with van der Waals surface area (Å²) in [7, 11) is 0. The molecule has 2 rings (SSSR count). The Hall–Kier alpha value is -0.350. The van der Waals surface area contributed by atoms with Crippen LogP contribution < -0.4 is 5.32 Å². The van der Waals surface area contributed by atoms with Crippen LogP contribution in [0.4, 0.5) is 0 Å². The van der Waals surface area contributed by atoms with E-state index in [4.69, 9.17) is 0 Å².